The van der Waals surface area contributed by atoms with Crippen LogP contribution in [-0.4, -0.2) is 10.2 Å². The molecule has 2 heteroatoms. The summed E-state index contributed by atoms with van der Waals surface area (Å²) in [5, 5.41) is 21.8. The van der Waals surface area contributed by atoms with Gasteiger partial charge in [-0.15, -0.1) is 0 Å². The minimum absolute atomic E-state index is 0.230. The Morgan fingerprint density at radius 3 is 1.29 bits per heavy atom. The van der Waals surface area contributed by atoms with Gasteiger partial charge in [-0.2, -0.15) is 0 Å². The van der Waals surface area contributed by atoms with Gasteiger partial charge in [0.1, 0.15) is 11.5 Å². The van der Waals surface area contributed by atoms with Crippen molar-refractivity contribution in [1.82, 2.24) is 0 Å². The van der Waals surface area contributed by atoms with E-state index in [-0.39, 0.29) is 11.5 Å². The summed E-state index contributed by atoms with van der Waals surface area (Å²) in [7, 11) is 0. The largest absolute Gasteiger partial charge is 0.508 e. The third-order valence-corrected chi connectivity index (χ3v) is 6.25. The molecule has 0 radical (unpaired) electrons. The van der Waals surface area contributed by atoms with Gasteiger partial charge in [0.05, 0.1) is 0 Å². The van der Waals surface area contributed by atoms with Gasteiger partial charge >= 0.3 is 0 Å². The van der Waals surface area contributed by atoms with Crippen LogP contribution in [-0.2, 0) is 5.41 Å². The van der Waals surface area contributed by atoms with E-state index in [2.05, 4.69) is 38.1 Å². The molecule has 0 saturated heterocycles. The molecule has 2 nitrogen and oxygen atoms in total. The maximum Gasteiger partial charge on any atom is 0.120 e. The molecule has 0 atom stereocenters. The number of aryl methyl sites for hydroxylation is 2. The highest BCUT2D eigenvalue weighted by atomic mass is 16.3. The van der Waals surface area contributed by atoms with E-state index in [1.165, 1.54) is 11.1 Å². The van der Waals surface area contributed by atoms with Gasteiger partial charge in [0.2, 0.25) is 0 Å². The zero-order valence-corrected chi connectivity index (χ0v) is 18.5. The van der Waals surface area contributed by atoms with Crippen molar-refractivity contribution >= 4 is 0 Å². The summed E-state index contributed by atoms with van der Waals surface area (Å²) in [5.74, 6) is 0.460. The summed E-state index contributed by atoms with van der Waals surface area (Å²) in [6, 6.07) is 27.9. The van der Waals surface area contributed by atoms with Crippen molar-refractivity contribution in [1.29, 1.82) is 0 Å². The molecule has 0 aliphatic carbocycles. The van der Waals surface area contributed by atoms with Crippen LogP contribution in [0.15, 0.2) is 84.9 Å². The maximum atomic E-state index is 10.9. The van der Waals surface area contributed by atoms with Gasteiger partial charge in [-0.25, -0.2) is 0 Å². The lowest BCUT2D eigenvalue weighted by molar-refractivity contribution is 0.436. The highest BCUT2D eigenvalue weighted by molar-refractivity contribution is 5.72. The maximum absolute atomic E-state index is 10.9. The molecule has 4 rings (SSSR count). The first-order valence-electron chi connectivity index (χ1n) is 10.6. The Kier molecular flexibility index (Phi) is 5.32. The van der Waals surface area contributed by atoms with Crippen molar-refractivity contribution in [3.63, 3.8) is 0 Å². The van der Waals surface area contributed by atoms with E-state index < -0.39 is 5.41 Å². The van der Waals surface area contributed by atoms with Crippen LogP contribution in [0.3, 0.4) is 0 Å². The molecule has 0 spiro atoms. The van der Waals surface area contributed by atoms with E-state index in [1.54, 1.807) is 0 Å². The lowest BCUT2D eigenvalue weighted by Gasteiger charge is -2.28. The smallest absolute Gasteiger partial charge is 0.120 e. The summed E-state index contributed by atoms with van der Waals surface area (Å²) >= 11 is 0. The molecule has 4 aromatic carbocycles. The van der Waals surface area contributed by atoms with E-state index in [1.807, 2.05) is 74.5 Å². The summed E-state index contributed by atoms with van der Waals surface area (Å²) < 4.78 is 0. The zero-order chi connectivity index (χ0) is 22.2. The fourth-order valence-electron chi connectivity index (χ4n) is 4.39. The van der Waals surface area contributed by atoms with Crippen molar-refractivity contribution in [2.24, 2.45) is 0 Å². The number of hydrogen-bond acceptors (Lipinski definition) is 2. The fraction of sp³-hybridized carbons (Fsp3) is 0.172. The van der Waals surface area contributed by atoms with Gasteiger partial charge in [-0.3, -0.25) is 0 Å². The second-order valence-corrected chi connectivity index (χ2v) is 8.72. The molecular formula is C29H28O2. The van der Waals surface area contributed by atoms with Gasteiger partial charge in [-0.1, -0.05) is 86.6 Å². The van der Waals surface area contributed by atoms with E-state index in [0.717, 1.165) is 33.4 Å². The van der Waals surface area contributed by atoms with Crippen LogP contribution in [0.25, 0.3) is 22.3 Å². The number of benzene rings is 4. The highest BCUT2D eigenvalue weighted by Gasteiger charge is 2.29. The Morgan fingerprint density at radius 2 is 0.935 bits per heavy atom. The van der Waals surface area contributed by atoms with Gasteiger partial charge in [-0.05, 0) is 59.4 Å². The molecule has 0 aliphatic rings. The van der Waals surface area contributed by atoms with Gasteiger partial charge in [0, 0.05) is 16.5 Å². The second kappa shape index (κ2) is 7.96. The van der Waals surface area contributed by atoms with E-state index in [0.29, 0.717) is 0 Å². The van der Waals surface area contributed by atoms with Crippen LogP contribution >= 0.6 is 0 Å². The molecule has 0 aliphatic heterocycles. The average molecular weight is 409 g/mol. The fourth-order valence-corrected chi connectivity index (χ4v) is 4.39. The second-order valence-electron chi connectivity index (χ2n) is 8.72. The number of phenolic OH excluding ortho intramolecular Hbond substituents is 2. The van der Waals surface area contributed by atoms with Crippen LogP contribution in [0.2, 0.25) is 0 Å². The molecule has 0 aromatic heterocycles. The molecule has 0 unspecified atom stereocenters. The standard InChI is InChI=1S/C29H28O2/c1-19-9-5-7-11-23(19)21-13-15-25(27(30)17-21)29(3,4)26-16-14-22(18-28(26)31)24-12-8-6-10-20(24)2/h5-18,30-31H,1-4H3. The molecular weight excluding hydrogens is 380 g/mol. The normalized spacial score (nSPS) is 11.5. The van der Waals surface area contributed by atoms with Crippen molar-refractivity contribution in [2.45, 2.75) is 33.1 Å². The third kappa shape index (κ3) is 3.82. The van der Waals surface area contributed by atoms with Crippen molar-refractivity contribution in [2.75, 3.05) is 0 Å². The molecule has 0 bridgehead atoms. The topological polar surface area (TPSA) is 40.5 Å². The van der Waals surface area contributed by atoms with Crippen molar-refractivity contribution in [3.05, 3.63) is 107 Å². The summed E-state index contributed by atoms with van der Waals surface area (Å²) in [5.41, 5.74) is 7.50. The van der Waals surface area contributed by atoms with E-state index >= 15 is 0 Å². The third-order valence-electron chi connectivity index (χ3n) is 6.25. The summed E-state index contributed by atoms with van der Waals surface area (Å²) in [4.78, 5) is 0. The summed E-state index contributed by atoms with van der Waals surface area (Å²) in [6.07, 6.45) is 0. The van der Waals surface area contributed by atoms with Gasteiger partial charge in [0.15, 0.2) is 0 Å². The Labute approximate surface area is 184 Å². The Bertz CT molecular complexity index is 1150. The molecule has 2 N–H and O–H groups in total. The molecule has 0 amide bonds. The quantitative estimate of drug-likeness (QED) is 0.370. The average Bonchev–Trinajstić information content (AvgIpc) is 2.74. The predicted molar refractivity (Wildman–Crippen MR) is 129 cm³/mol. The van der Waals surface area contributed by atoms with Gasteiger partial charge in [0.25, 0.3) is 0 Å². The lowest BCUT2D eigenvalue weighted by Crippen LogP contribution is -2.19. The Morgan fingerprint density at radius 1 is 0.548 bits per heavy atom. The van der Waals surface area contributed by atoms with Crippen LogP contribution in [0.1, 0.15) is 36.1 Å². The van der Waals surface area contributed by atoms with E-state index in [9.17, 15) is 10.2 Å². The Balaban J connectivity index is 1.73. The summed E-state index contributed by atoms with van der Waals surface area (Å²) in [6.45, 7) is 8.19. The molecule has 0 saturated carbocycles. The van der Waals surface area contributed by atoms with Gasteiger partial charge < -0.3 is 10.2 Å². The number of aromatic hydroxyl groups is 2. The monoisotopic (exact) mass is 408 g/mol. The van der Waals surface area contributed by atoms with Crippen molar-refractivity contribution < 1.29 is 10.2 Å². The first kappa shape index (κ1) is 20.7. The minimum atomic E-state index is -0.567. The molecule has 0 fully saturated rings. The number of phenols is 2. The highest BCUT2D eigenvalue weighted by Crippen LogP contribution is 2.43. The van der Waals surface area contributed by atoms with Crippen LogP contribution in [0, 0.1) is 13.8 Å². The molecule has 31 heavy (non-hydrogen) atoms. The molecule has 0 heterocycles. The van der Waals surface area contributed by atoms with Crippen molar-refractivity contribution in [3.8, 4) is 33.8 Å². The SMILES string of the molecule is Cc1ccccc1-c1ccc(C(C)(C)c2ccc(-c3ccccc3C)cc2O)c(O)c1. The van der Waals surface area contributed by atoms with E-state index in [4.69, 9.17) is 0 Å². The van der Waals surface area contributed by atoms with Crippen LogP contribution < -0.4 is 0 Å². The number of rotatable bonds is 4. The molecule has 4 aromatic rings. The first-order chi connectivity index (χ1) is 14.8. The predicted octanol–water partition coefficient (Wildman–Crippen LogP) is 7.37. The molecule has 156 valence electrons. The zero-order valence-electron chi connectivity index (χ0n) is 18.5. The lowest BCUT2D eigenvalue weighted by atomic mass is 9.76. The number of hydrogen-bond donors (Lipinski definition) is 2. The van der Waals surface area contributed by atoms with Crippen LogP contribution in [0.5, 0.6) is 11.5 Å². The minimum Gasteiger partial charge on any atom is -0.508 e. The van der Waals surface area contributed by atoms with Crippen LogP contribution in [0.4, 0.5) is 0 Å². The first-order valence-corrected chi connectivity index (χ1v) is 10.6. The Hall–Kier alpha value is -3.52.